The number of aromatic nitrogens is 3. The summed E-state index contributed by atoms with van der Waals surface area (Å²) in [5, 5.41) is 7.18. The van der Waals surface area contributed by atoms with Crippen LogP contribution >= 0.6 is 11.6 Å². The van der Waals surface area contributed by atoms with Crippen molar-refractivity contribution in [2.24, 2.45) is 0 Å². The van der Waals surface area contributed by atoms with Crippen molar-refractivity contribution >= 4 is 29.2 Å². The second-order valence-electron chi connectivity index (χ2n) is 6.17. The Morgan fingerprint density at radius 2 is 1.86 bits per heavy atom. The van der Waals surface area contributed by atoms with E-state index in [9.17, 15) is 9.59 Å². The molecule has 3 aromatic rings. The zero-order chi connectivity index (χ0) is 20.3. The fourth-order valence-electron chi connectivity index (χ4n) is 2.75. The number of ether oxygens (including phenoxy) is 1. The number of anilines is 1. The molecule has 28 heavy (non-hydrogen) atoms. The molecule has 0 aliphatic rings. The molecule has 0 saturated carbocycles. The monoisotopic (exact) mass is 398 g/mol. The standard InChI is InChI=1S/C20H19ClN4O3/c1-12-17(13(2)25(24-12)15-8-5-4-6-9-15)20(27)28-14(3)19(26)23-16-10-7-11-22-18(16)21/h4-11,14H,1-3H3,(H,23,26). The molecule has 1 aromatic carbocycles. The zero-order valence-electron chi connectivity index (χ0n) is 15.6. The van der Waals surface area contributed by atoms with Crippen molar-refractivity contribution < 1.29 is 14.3 Å². The van der Waals surface area contributed by atoms with Crippen molar-refractivity contribution in [3.8, 4) is 5.69 Å². The number of carbonyl (C=O) groups excluding carboxylic acids is 2. The van der Waals surface area contributed by atoms with Crippen LogP contribution in [0.3, 0.4) is 0 Å². The number of benzene rings is 1. The minimum Gasteiger partial charge on any atom is -0.449 e. The molecule has 8 heteroatoms. The molecular weight excluding hydrogens is 380 g/mol. The third kappa shape index (κ3) is 4.04. The Bertz CT molecular complexity index is 1020. The van der Waals surface area contributed by atoms with Gasteiger partial charge in [-0.25, -0.2) is 14.5 Å². The normalized spacial score (nSPS) is 11.7. The van der Waals surface area contributed by atoms with E-state index in [1.165, 1.54) is 13.1 Å². The molecule has 0 spiro atoms. The lowest BCUT2D eigenvalue weighted by Gasteiger charge is -2.14. The van der Waals surface area contributed by atoms with Gasteiger partial charge in [0.15, 0.2) is 11.3 Å². The van der Waals surface area contributed by atoms with E-state index in [0.29, 0.717) is 22.6 Å². The van der Waals surface area contributed by atoms with Gasteiger partial charge in [0.1, 0.15) is 5.56 Å². The average molecular weight is 399 g/mol. The van der Waals surface area contributed by atoms with Crippen LogP contribution in [-0.4, -0.2) is 32.7 Å². The van der Waals surface area contributed by atoms with E-state index < -0.39 is 18.0 Å². The maximum absolute atomic E-state index is 12.7. The highest BCUT2D eigenvalue weighted by molar-refractivity contribution is 6.32. The smallest absolute Gasteiger partial charge is 0.342 e. The van der Waals surface area contributed by atoms with Crippen LogP contribution in [0.15, 0.2) is 48.7 Å². The van der Waals surface area contributed by atoms with Crippen LogP contribution in [0.1, 0.15) is 28.7 Å². The van der Waals surface area contributed by atoms with Crippen LogP contribution in [0, 0.1) is 13.8 Å². The van der Waals surface area contributed by atoms with Crippen molar-refractivity contribution in [1.82, 2.24) is 14.8 Å². The first-order chi connectivity index (χ1) is 13.4. The van der Waals surface area contributed by atoms with E-state index in [1.807, 2.05) is 30.3 Å². The van der Waals surface area contributed by atoms with Crippen LogP contribution in [0.5, 0.6) is 0 Å². The lowest BCUT2D eigenvalue weighted by atomic mass is 10.2. The topological polar surface area (TPSA) is 86.1 Å². The van der Waals surface area contributed by atoms with Gasteiger partial charge >= 0.3 is 5.97 Å². The number of esters is 1. The van der Waals surface area contributed by atoms with Gasteiger partial charge < -0.3 is 10.1 Å². The quantitative estimate of drug-likeness (QED) is 0.523. The van der Waals surface area contributed by atoms with E-state index in [0.717, 1.165) is 5.69 Å². The average Bonchev–Trinajstić information content (AvgIpc) is 2.98. The lowest BCUT2D eigenvalue weighted by molar-refractivity contribution is -0.123. The Labute approximate surface area is 167 Å². The number of para-hydroxylation sites is 1. The number of hydrogen-bond acceptors (Lipinski definition) is 5. The molecule has 7 nitrogen and oxygen atoms in total. The zero-order valence-corrected chi connectivity index (χ0v) is 16.4. The van der Waals surface area contributed by atoms with Crippen molar-refractivity contribution in [3.05, 3.63) is 70.8 Å². The Morgan fingerprint density at radius 1 is 1.14 bits per heavy atom. The number of rotatable bonds is 5. The lowest BCUT2D eigenvalue weighted by Crippen LogP contribution is -2.30. The molecule has 144 valence electrons. The number of aryl methyl sites for hydroxylation is 1. The molecule has 0 saturated heterocycles. The summed E-state index contributed by atoms with van der Waals surface area (Å²) in [5.41, 5.74) is 2.68. The molecule has 0 aliphatic heterocycles. The van der Waals surface area contributed by atoms with Crippen LogP contribution in [0.4, 0.5) is 5.69 Å². The Morgan fingerprint density at radius 3 is 2.54 bits per heavy atom. The Balaban J connectivity index is 1.75. The number of nitrogens with zero attached hydrogens (tertiary/aromatic N) is 3. The highest BCUT2D eigenvalue weighted by Gasteiger charge is 2.25. The minimum absolute atomic E-state index is 0.158. The Hall–Kier alpha value is -3.19. The van der Waals surface area contributed by atoms with Crippen LogP contribution in [0.25, 0.3) is 5.69 Å². The molecule has 2 heterocycles. The van der Waals surface area contributed by atoms with Gasteiger partial charge in [0.2, 0.25) is 0 Å². The van der Waals surface area contributed by atoms with Gasteiger partial charge in [-0.1, -0.05) is 29.8 Å². The molecule has 0 fully saturated rings. The summed E-state index contributed by atoms with van der Waals surface area (Å²) in [4.78, 5) is 28.9. The van der Waals surface area contributed by atoms with E-state index >= 15 is 0 Å². The number of halogens is 1. The molecule has 1 atom stereocenters. The summed E-state index contributed by atoms with van der Waals surface area (Å²) in [6.45, 7) is 5.00. The number of nitrogens with one attached hydrogen (secondary N) is 1. The minimum atomic E-state index is -1.03. The highest BCUT2D eigenvalue weighted by atomic mass is 35.5. The van der Waals surface area contributed by atoms with Gasteiger partial charge in [-0.2, -0.15) is 5.10 Å². The third-order valence-electron chi connectivity index (χ3n) is 4.17. The van der Waals surface area contributed by atoms with E-state index in [-0.39, 0.29) is 5.15 Å². The van der Waals surface area contributed by atoms with Crippen molar-refractivity contribution in [2.45, 2.75) is 26.9 Å². The van der Waals surface area contributed by atoms with Crippen LogP contribution < -0.4 is 5.32 Å². The number of pyridine rings is 1. The molecular formula is C20H19ClN4O3. The summed E-state index contributed by atoms with van der Waals surface area (Å²) >= 11 is 5.93. The summed E-state index contributed by atoms with van der Waals surface area (Å²) in [7, 11) is 0. The summed E-state index contributed by atoms with van der Waals surface area (Å²) < 4.78 is 7.03. The second-order valence-corrected chi connectivity index (χ2v) is 6.53. The molecule has 3 rings (SSSR count). The molecule has 1 amide bonds. The molecule has 0 radical (unpaired) electrons. The first-order valence-electron chi connectivity index (χ1n) is 8.62. The second kappa shape index (κ2) is 8.22. The maximum atomic E-state index is 12.7. The van der Waals surface area contributed by atoms with Crippen molar-refractivity contribution in [1.29, 1.82) is 0 Å². The fourth-order valence-corrected chi connectivity index (χ4v) is 2.91. The van der Waals surface area contributed by atoms with Gasteiger partial charge in [0.25, 0.3) is 5.91 Å². The van der Waals surface area contributed by atoms with Gasteiger partial charge in [0, 0.05) is 6.20 Å². The predicted molar refractivity (Wildman–Crippen MR) is 106 cm³/mol. The first-order valence-corrected chi connectivity index (χ1v) is 9.00. The number of amides is 1. The molecule has 0 bridgehead atoms. The van der Waals surface area contributed by atoms with Gasteiger partial charge in [-0.05, 0) is 45.0 Å². The van der Waals surface area contributed by atoms with Gasteiger partial charge in [0.05, 0.1) is 22.8 Å². The predicted octanol–water partition coefficient (Wildman–Crippen LogP) is 3.72. The molecule has 2 aromatic heterocycles. The SMILES string of the molecule is Cc1nn(-c2ccccc2)c(C)c1C(=O)OC(C)C(=O)Nc1cccnc1Cl. The molecule has 1 N–H and O–H groups in total. The number of carbonyl (C=O) groups is 2. The largest absolute Gasteiger partial charge is 0.449 e. The number of hydrogen-bond donors (Lipinski definition) is 1. The summed E-state index contributed by atoms with van der Waals surface area (Å²) in [6.07, 6.45) is 0.486. The molecule has 0 aliphatic carbocycles. The van der Waals surface area contributed by atoms with Crippen LogP contribution in [-0.2, 0) is 9.53 Å². The van der Waals surface area contributed by atoms with E-state index in [2.05, 4.69) is 15.4 Å². The van der Waals surface area contributed by atoms with Crippen molar-refractivity contribution in [3.63, 3.8) is 0 Å². The van der Waals surface area contributed by atoms with E-state index in [1.54, 1.807) is 30.7 Å². The van der Waals surface area contributed by atoms with E-state index in [4.69, 9.17) is 16.3 Å². The highest BCUT2D eigenvalue weighted by Crippen LogP contribution is 2.21. The van der Waals surface area contributed by atoms with Crippen molar-refractivity contribution in [2.75, 3.05) is 5.32 Å². The summed E-state index contributed by atoms with van der Waals surface area (Å²) in [5.74, 6) is -1.12. The molecule has 1 unspecified atom stereocenters. The van der Waals surface area contributed by atoms with Gasteiger partial charge in [-0.15, -0.1) is 0 Å². The first kappa shape index (κ1) is 19.6. The maximum Gasteiger partial charge on any atom is 0.342 e. The van der Waals surface area contributed by atoms with Gasteiger partial charge in [-0.3, -0.25) is 4.79 Å². The fraction of sp³-hybridized carbons (Fsp3) is 0.200. The summed E-state index contributed by atoms with van der Waals surface area (Å²) in [6, 6.07) is 12.7. The Kier molecular flexibility index (Phi) is 5.75. The third-order valence-corrected chi connectivity index (χ3v) is 4.47. The van der Waals surface area contributed by atoms with Crippen LogP contribution in [0.2, 0.25) is 5.15 Å².